The average molecular weight is 358 g/mol. The van der Waals surface area contributed by atoms with Crippen LogP contribution in [0.2, 0.25) is 0 Å². The quantitative estimate of drug-likeness (QED) is 0.590. The fourth-order valence-electron chi connectivity index (χ4n) is 2.75. The first kappa shape index (κ1) is 19.7. The molecular weight excluding hydrogens is 331 g/mol. The summed E-state index contributed by atoms with van der Waals surface area (Å²) in [6.07, 6.45) is 0. The number of hydrogen-bond acceptors (Lipinski definition) is 3. The summed E-state index contributed by atoms with van der Waals surface area (Å²) in [6.45, 7) is 0.998. The molecule has 0 bridgehead atoms. The molecule has 0 aliphatic heterocycles. The largest absolute Gasteiger partial charge is 0.496 e. The standard InChI is InChI=1S/C20H27FN4O/c1-22-20(23-13-15-9-5-7-11-17(15)21)24-14-18(25(2)3)16-10-6-8-12-19(16)26-4/h5-12,18H,13-14H2,1-4H3,(H2,22,23,24). The van der Waals surface area contributed by atoms with Gasteiger partial charge >= 0.3 is 0 Å². The molecular formula is C20H27FN4O. The molecule has 140 valence electrons. The molecule has 0 heterocycles. The zero-order valence-corrected chi connectivity index (χ0v) is 15.8. The lowest BCUT2D eigenvalue weighted by Gasteiger charge is -2.27. The molecule has 2 rings (SSSR count). The van der Waals surface area contributed by atoms with E-state index in [2.05, 4.69) is 26.6 Å². The Kier molecular flexibility index (Phi) is 7.41. The number of rotatable bonds is 7. The number of likely N-dealkylation sites (N-methyl/N-ethyl adjacent to an activating group) is 1. The number of nitrogens with zero attached hydrogens (tertiary/aromatic N) is 2. The van der Waals surface area contributed by atoms with Gasteiger partial charge in [0.15, 0.2) is 5.96 Å². The third kappa shape index (κ3) is 5.20. The summed E-state index contributed by atoms with van der Waals surface area (Å²) in [5.74, 6) is 1.24. The number of methoxy groups -OCH3 is 1. The molecule has 0 saturated heterocycles. The summed E-state index contributed by atoms with van der Waals surface area (Å²) in [4.78, 5) is 6.34. The number of aliphatic imine (C=N–C) groups is 1. The van der Waals surface area contributed by atoms with Crippen LogP contribution in [0.4, 0.5) is 4.39 Å². The average Bonchev–Trinajstić information content (AvgIpc) is 2.65. The third-order valence-electron chi connectivity index (χ3n) is 4.21. The highest BCUT2D eigenvalue weighted by Crippen LogP contribution is 2.27. The van der Waals surface area contributed by atoms with Crippen LogP contribution in [0.1, 0.15) is 17.2 Å². The van der Waals surface area contributed by atoms with Crippen LogP contribution in [-0.4, -0.2) is 45.7 Å². The van der Waals surface area contributed by atoms with E-state index < -0.39 is 0 Å². The molecule has 0 radical (unpaired) electrons. The second-order valence-corrected chi connectivity index (χ2v) is 6.12. The molecule has 0 amide bonds. The van der Waals surface area contributed by atoms with Crippen molar-refractivity contribution in [2.24, 2.45) is 4.99 Å². The lowest BCUT2D eigenvalue weighted by atomic mass is 10.0. The van der Waals surface area contributed by atoms with E-state index in [0.717, 1.165) is 11.3 Å². The predicted molar refractivity (Wildman–Crippen MR) is 104 cm³/mol. The van der Waals surface area contributed by atoms with Crippen molar-refractivity contribution in [3.63, 3.8) is 0 Å². The Hall–Kier alpha value is -2.60. The van der Waals surface area contributed by atoms with Gasteiger partial charge in [0.1, 0.15) is 11.6 Å². The van der Waals surface area contributed by atoms with E-state index in [1.54, 1.807) is 26.3 Å². The fourth-order valence-corrected chi connectivity index (χ4v) is 2.75. The maximum atomic E-state index is 13.7. The maximum absolute atomic E-state index is 13.7. The molecule has 2 aromatic rings. The van der Waals surface area contributed by atoms with Crippen LogP contribution < -0.4 is 15.4 Å². The second-order valence-electron chi connectivity index (χ2n) is 6.12. The molecule has 0 aliphatic rings. The van der Waals surface area contributed by atoms with Crippen LogP contribution >= 0.6 is 0 Å². The van der Waals surface area contributed by atoms with Gasteiger partial charge in [-0.25, -0.2) is 4.39 Å². The molecule has 0 saturated carbocycles. The van der Waals surface area contributed by atoms with Gasteiger partial charge in [-0.1, -0.05) is 36.4 Å². The highest BCUT2D eigenvalue weighted by Gasteiger charge is 2.18. The van der Waals surface area contributed by atoms with Gasteiger partial charge in [0.25, 0.3) is 0 Å². The van der Waals surface area contributed by atoms with Crippen molar-refractivity contribution in [1.82, 2.24) is 15.5 Å². The first-order valence-corrected chi connectivity index (χ1v) is 8.54. The highest BCUT2D eigenvalue weighted by molar-refractivity contribution is 5.79. The summed E-state index contributed by atoms with van der Waals surface area (Å²) < 4.78 is 19.2. The molecule has 1 unspecified atom stereocenters. The monoisotopic (exact) mass is 358 g/mol. The van der Waals surface area contributed by atoms with Gasteiger partial charge in [0.05, 0.1) is 13.2 Å². The van der Waals surface area contributed by atoms with Gasteiger partial charge in [0, 0.05) is 31.3 Å². The number of nitrogens with one attached hydrogen (secondary N) is 2. The van der Waals surface area contributed by atoms with Crippen molar-refractivity contribution in [1.29, 1.82) is 0 Å². The molecule has 1 atom stereocenters. The van der Waals surface area contributed by atoms with Gasteiger partial charge in [0.2, 0.25) is 0 Å². The van der Waals surface area contributed by atoms with Gasteiger partial charge in [-0.2, -0.15) is 0 Å². The van der Waals surface area contributed by atoms with Crippen molar-refractivity contribution < 1.29 is 9.13 Å². The Bertz CT molecular complexity index is 733. The lowest BCUT2D eigenvalue weighted by Crippen LogP contribution is -2.41. The summed E-state index contributed by atoms with van der Waals surface area (Å²) >= 11 is 0. The number of benzene rings is 2. The molecule has 0 fully saturated rings. The summed E-state index contributed by atoms with van der Waals surface area (Å²) in [5.41, 5.74) is 1.70. The lowest BCUT2D eigenvalue weighted by molar-refractivity contribution is 0.287. The normalized spacial score (nSPS) is 12.8. The molecule has 0 aromatic heterocycles. The van der Waals surface area contributed by atoms with Crippen molar-refractivity contribution in [2.45, 2.75) is 12.6 Å². The minimum Gasteiger partial charge on any atom is -0.496 e. The third-order valence-corrected chi connectivity index (χ3v) is 4.21. The van der Waals surface area contributed by atoms with Gasteiger partial charge in [-0.15, -0.1) is 0 Å². The molecule has 26 heavy (non-hydrogen) atoms. The van der Waals surface area contributed by atoms with Crippen molar-refractivity contribution in [3.05, 3.63) is 65.5 Å². The van der Waals surface area contributed by atoms with E-state index in [9.17, 15) is 4.39 Å². The van der Waals surface area contributed by atoms with E-state index in [1.165, 1.54) is 6.07 Å². The van der Waals surface area contributed by atoms with Crippen molar-refractivity contribution in [3.8, 4) is 5.75 Å². The number of halogens is 1. The van der Waals surface area contributed by atoms with E-state index in [0.29, 0.717) is 24.6 Å². The summed E-state index contributed by atoms with van der Waals surface area (Å²) in [6, 6.07) is 14.8. The van der Waals surface area contributed by atoms with Crippen LogP contribution in [0.15, 0.2) is 53.5 Å². The first-order valence-electron chi connectivity index (χ1n) is 8.54. The van der Waals surface area contributed by atoms with Crippen LogP contribution in [0.5, 0.6) is 5.75 Å². The van der Waals surface area contributed by atoms with Crippen LogP contribution in [0, 0.1) is 5.82 Å². The Balaban J connectivity index is 2.02. The Morgan fingerprint density at radius 3 is 2.46 bits per heavy atom. The first-order chi connectivity index (χ1) is 12.6. The van der Waals surface area contributed by atoms with Crippen molar-refractivity contribution in [2.75, 3.05) is 34.8 Å². The molecule has 2 N–H and O–H groups in total. The Labute approximate surface area is 154 Å². The fraction of sp³-hybridized carbons (Fsp3) is 0.350. The van der Waals surface area contributed by atoms with Gasteiger partial charge < -0.3 is 20.3 Å². The number of para-hydroxylation sites is 1. The Morgan fingerprint density at radius 1 is 1.12 bits per heavy atom. The predicted octanol–water partition coefficient (Wildman–Crippen LogP) is 2.80. The number of ether oxygens (including phenoxy) is 1. The highest BCUT2D eigenvalue weighted by atomic mass is 19.1. The van der Waals surface area contributed by atoms with Crippen LogP contribution in [0.25, 0.3) is 0 Å². The van der Waals surface area contributed by atoms with E-state index >= 15 is 0 Å². The van der Waals surface area contributed by atoms with E-state index in [1.807, 2.05) is 38.4 Å². The number of hydrogen-bond donors (Lipinski definition) is 2. The van der Waals surface area contributed by atoms with Crippen LogP contribution in [-0.2, 0) is 6.54 Å². The van der Waals surface area contributed by atoms with Crippen LogP contribution in [0.3, 0.4) is 0 Å². The van der Waals surface area contributed by atoms with Gasteiger partial charge in [-0.3, -0.25) is 4.99 Å². The number of guanidine groups is 1. The topological polar surface area (TPSA) is 48.9 Å². The van der Waals surface area contributed by atoms with E-state index in [-0.39, 0.29) is 11.9 Å². The molecule has 2 aromatic carbocycles. The minimum absolute atomic E-state index is 0.0955. The minimum atomic E-state index is -0.226. The van der Waals surface area contributed by atoms with E-state index in [4.69, 9.17) is 4.74 Å². The second kappa shape index (κ2) is 9.77. The SMILES string of the molecule is CN=C(NCc1ccccc1F)NCC(c1ccccc1OC)N(C)C. The Morgan fingerprint density at radius 2 is 1.81 bits per heavy atom. The molecule has 6 heteroatoms. The maximum Gasteiger partial charge on any atom is 0.191 e. The molecule has 0 aliphatic carbocycles. The van der Waals surface area contributed by atoms with Gasteiger partial charge in [-0.05, 0) is 26.2 Å². The zero-order chi connectivity index (χ0) is 18.9. The van der Waals surface area contributed by atoms with Crippen molar-refractivity contribution >= 4 is 5.96 Å². The summed E-state index contributed by atoms with van der Waals surface area (Å²) in [5, 5.41) is 6.46. The molecule has 5 nitrogen and oxygen atoms in total. The molecule has 0 spiro atoms. The summed E-state index contributed by atoms with van der Waals surface area (Å²) in [7, 11) is 7.42. The smallest absolute Gasteiger partial charge is 0.191 e. The zero-order valence-electron chi connectivity index (χ0n) is 15.8.